The predicted molar refractivity (Wildman–Crippen MR) is 40.5 cm³/mol. The van der Waals surface area contributed by atoms with Gasteiger partial charge >= 0.3 is 0 Å². The summed E-state index contributed by atoms with van der Waals surface area (Å²) in [5.41, 5.74) is 1.58. The Balaban J connectivity index is 2.87. The standard InChI is InChI=1S/C9H6N2/c10-6-5-8-1-3-9(7-11)4-2-8/h1-4H,5H2/i6+2. The highest BCUT2D eigenvalue weighted by atomic mass is 14.8. The van der Waals surface area contributed by atoms with Crippen molar-refractivity contribution in [2.75, 3.05) is 0 Å². The van der Waals surface area contributed by atoms with Gasteiger partial charge in [-0.15, -0.1) is 0 Å². The molecule has 0 N–H and O–H groups in total. The molecule has 2 nitrogen and oxygen atoms in total. The molecule has 0 saturated heterocycles. The van der Waals surface area contributed by atoms with Gasteiger partial charge in [0.1, 0.15) is 0 Å². The molecule has 1 aromatic carbocycles. The highest BCUT2D eigenvalue weighted by Gasteiger charge is 1.90. The SMILES string of the molecule is N#Cc1ccc(C[14C]#N)cc1. The van der Waals surface area contributed by atoms with Gasteiger partial charge in [0, 0.05) is 0 Å². The van der Waals surface area contributed by atoms with E-state index in [1.807, 2.05) is 12.1 Å². The Morgan fingerprint density at radius 2 is 1.91 bits per heavy atom. The van der Waals surface area contributed by atoms with E-state index in [0.29, 0.717) is 12.0 Å². The number of hydrogen-bond donors (Lipinski definition) is 0. The normalized spacial score (nSPS) is 8.18. The van der Waals surface area contributed by atoms with Crippen LogP contribution in [-0.4, -0.2) is 0 Å². The third-order valence-corrected chi connectivity index (χ3v) is 1.37. The molecule has 0 bridgehead atoms. The first kappa shape index (κ1) is 7.31. The van der Waals surface area contributed by atoms with Crippen molar-refractivity contribution in [2.45, 2.75) is 6.42 Å². The summed E-state index contributed by atoms with van der Waals surface area (Å²) in [6, 6.07) is 11.1. The minimum atomic E-state index is 0.408. The molecule has 0 aliphatic carbocycles. The Hall–Kier alpha value is -1.80. The quantitative estimate of drug-likeness (QED) is 0.601. The molecular weight excluding hydrogens is 138 g/mol. The summed E-state index contributed by atoms with van der Waals surface area (Å²) >= 11 is 0. The molecule has 1 aromatic rings. The fourth-order valence-corrected chi connectivity index (χ4v) is 0.788. The average molecular weight is 144 g/mol. The van der Waals surface area contributed by atoms with Crippen LogP contribution in [0.1, 0.15) is 11.1 Å². The van der Waals surface area contributed by atoms with Crippen molar-refractivity contribution < 1.29 is 0 Å². The van der Waals surface area contributed by atoms with Gasteiger partial charge in [-0.1, -0.05) is 12.1 Å². The van der Waals surface area contributed by atoms with Crippen LogP contribution in [0, 0.1) is 22.7 Å². The second-order valence-electron chi connectivity index (χ2n) is 2.14. The van der Waals surface area contributed by atoms with E-state index in [9.17, 15) is 0 Å². The summed E-state index contributed by atoms with van der Waals surface area (Å²) in [4.78, 5) is 0. The van der Waals surface area contributed by atoms with E-state index in [1.165, 1.54) is 0 Å². The summed E-state index contributed by atoms with van der Waals surface area (Å²) in [6.45, 7) is 0. The summed E-state index contributed by atoms with van der Waals surface area (Å²) < 4.78 is 0. The summed E-state index contributed by atoms with van der Waals surface area (Å²) in [7, 11) is 0. The third kappa shape index (κ3) is 1.81. The number of rotatable bonds is 1. The van der Waals surface area contributed by atoms with Crippen molar-refractivity contribution in [3.8, 4) is 12.1 Å². The van der Waals surface area contributed by atoms with Crippen LogP contribution < -0.4 is 0 Å². The summed E-state index contributed by atoms with van der Waals surface area (Å²) in [6.07, 6.45) is 0.408. The van der Waals surface area contributed by atoms with Crippen molar-refractivity contribution in [1.82, 2.24) is 0 Å². The minimum absolute atomic E-state index is 0.408. The molecule has 0 heterocycles. The summed E-state index contributed by atoms with van der Waals surface area (Å²) in [5.74, 6) is 0. The van der Waals surface area contributed by atoms with Gasteiger partial charge in [-0.3, -0.25) is 0 Å². The fourth-order valence-electron chi connectivity index (χ4n) is 0.788. The zero-order valence-corrected chi connectivity index (χ0v) is 5.91. The molecule has 0 unspecified atom stereocenters. The molecule has 0 radical (unpaired) electrons. The van der Waals surface area contributed by atoms with Crippen molar-refractivity contribution in [3.05, 3.63) is 35.4 Å². The predicted octanol–water partition coefficient (Wildman–Crippen LogP) is 1.62. The lowest BCUT2D eigenvalue weighted by Crippen LogP contribution is -1.80. The Morgan fingerprint density at radius 1 is 1.27 bits per heavy atom. The van der Waals surface area contributed by atoms with E-state index in [4.69, 9.17) is 10.5 Å². The summed E-state index contributed by atoms with van der Waals surface area (Å²) in [5, 5.41) is 16.8. The molecule has 0 saturated carbocycles. The van der Waals surface area contributed by atoms with E-state index in [-0.39, 0.29) is 0 Å². The molecule has 52 valence electrons. The first-order valence-corrected chi connectivity index (χ1v) is 3.23. The monoisotopic (exact) mass is 144 g/mol. The van der Waals surface area contributed by atoms with Gasteiger partial charge < -0.3 is 0 Å². The van der Waals surface area contributed by atoms with E-state index < -0.39 is 0 Å². The Labute approximate surface area is 65.3 Å². The molecule has 0 amide bonds. The zero-order chi connectivity index (χ0) is 8.10. The molecule has 0 spiro atoms. The van der Waals surface area contributed by atoms with Crippen LogP contribution >= 0.6 is 0 Å². The lowest BCUT2D eigenvalue weighted by molar-refractivity contribution is 1.26. The molecule has 0 aromatic heterocycles. The number of benzene rings is 1. The van der Waals surface area contributed by atoms with E-state index in [2.05, 4.69) is 0 Å². The first-order chi connectivity index (χ1) is 5.36. The largest absolute Gasteiger partial charge is 0.198 e. The molecule has 2 heteroatoms. The molecule has 0 aliphatic rings. The van der Waals surface area contributed by atoms with Gasteiger partial charge in [0.2, 0.25) is 0 Å². The van der Waals surface area contributed by atoms with Crippen molar-refractivity contribution >= 4 is 0 Å². The van der Waals surface area contributed by atoms with Gasteiger partial charge in [-0.2, -0.15) is 10.5 Å². The van der Waals surface area contributed by atoms with Crippen LogP contribution in [0.15, 0.2) is 24.3 Å². The number of hydrogen-bond acceptors (Lipinski definition) is 2. The van der Waals surface area contributed by atoms with Crippen molar-refractivity contribution in [1.29, 1.82) is 10.5 Å². The third-order valence-electron chi connectivity index (χ3n) is 1.37. The molecular formula is C9H6N2. The second kappa shape index (κ2) is 3.39. The van der Waals surface area contributed by atoms with Gasteiger partial charge in [-0.25, -0.2) is 0 Å². The average Bonchev–Trinajstić information content (AvgIpc) is 2.07. The van der Waals surface area contributed by atoms with Crippen LogP contribution in [0.5, 0.6) is 0 Å². The van der Waals surface area contributed by atoms with Crippen LogP contribution in [-0.2, 0) is 6.42 Å². The molecule has 1 rings (SSSR count). The van der Waals surface area contributed by atoms with Crippen LogP contribution in [0.4, 0.5) is 0 Å². The van der Waals surface area contributed by atoms with E-state index in [0.717, 1.165) is 5.56 Å². The maximum Gasteiger partial charge on any atom is 0.0991 e. The van der Waals surface area contributed by atoms with Gasteiger partial charge in [0.05, 0.1) is 24.1 Å². The first-order valence-electron chi connectivity index (χ1n) is 3.23. The van der Waals surface area contributed by atoms with Crippen LogP contribution in [0.2, 0.25) is 0 Å². The van der Waals surface area contributed by atoms with Gasteiger partial charge in [-0.05, 0) is 17.7 Å². The number of nitrogens with zero attached hydrogens (tertiary/aromatic N) is 2. The zero-order valence-electron chi connectivity index (χ0n) is 5.91. The minimum Gasteiger partial charge on any atom is -0.198 e. The lowest BCUT2D eigenvalue weighted by atomic mass is 10.1. The van der Waals surface area contributed by atoms with Crippen molar-refractivity contribution in [3.63, 3.8) is 0 Å². The Bertz CT molecular complexity index is 311. The topological polar surface area (TPSA) is 47.6 Å². The Morgan fingerprint density at radius 3 is 2.36 bits per heavy atom. The second-order valence-corrected chi connectivity index (χ2v) is 2.14. The number of nitriles is 2. The molecule has 0 fully saturated rings. The van der Waals surface area contributed by atoms with Crippen LogP contribution in [0.25, 0.3) is 0 Å². The maximum atomic E-state index is 8.44. The smallest absolute Gasteiger partial charge is 0.0991 e. The molecule has 0 atom stereocenters. The van der Waals surface area contributed by atoms with Crippen LogP contribution in [0.3, 0.4) is 0 Å². The van der Waals surface area contributed by atoms with Crippen molar-refractivity contribution in [2.24, 2.45) is 0 Å². The van der Waals surface area contributed by atoms with E-state index in [1.54, 1.807) is 24.3 Å². The van der Waals surface area contributed by atoms with Gasteiger partial charge in [0.25, 0.3) is 0 Å². The fraction of sp³-hybridized carbons (Fsp3) is 0.111. The molecule has 0 aliphatic heterocycles. The molecule has 11 heavy (non-hydrogen) atoms. The highest BCUT2D eigenvalue weighted by molar-refractivity contribution is 5.32. The highest BCUT2D eigenvalue weighted by Crippen LogP contribution is 2.02. The van der Waals surface area contributed by atoms with Gasteiger partial charge in [0.15, 0.2) is 0 Å². The lowest BCUT2D eigenvalue weighted by Gasteiger charge is -1.91. The Kier molecular flexibility index (Phi) is 2.25. The van der Waals surface area contributed by atoms with E-state index >= 15 is 0 Å². The maximum absolute atomic E-state index is 8.44.